The zero-order valence-corrected chi connectivity index (χ0v) is 21.2. The molecule has 1 atom stereocenters. The van der Waals surface area contributed by atoms with Gasteiger partial charge in [-0.2, -0.15) is 4.31 Å². The number of Topliss-reactive ketones (excluding diaryl/α,β-unsaturated/α-hetero) is 2. The number of halogens is 1. The van der Waals surface area contributed by atoms with Crippen LogP contribution in [0.5, 0.6) is 0 Å². The molecule has 36 heavy (non-hydrogen) atoms. The second kappa shape index (κ2) is 8.50. The number of benzene rings is 2. The first kappa shape index (κ1) is 23.8. The van der Waals surface area contributed by atoms with Gasteiger partial charge in [-0.15, -0.1) is 0 Å². The topological polar surface area (TPSA) is 101 Å². The van der Waals surface area contributed by atoms with Crippen molar-refractivity contribution in [2.45, 2.75) is 49.5 Å². The molecule has 0 radical (unpaired) electrons. The van der Waals surface area contributed by atoms with Gasteiger partial charge in [0.05, 0.1) is 22.2 Å². The van der Waals surface area contributed by atoms with Crippen molar-refractivity contribution in [1.29, 1.82) is 0 Å². The van der Waals surface area contributed by atoms with Crippen molar-refractivity contribution >= 4 is 44.8 Å². The first-order valence-electron chi connectivity index (χ1n) is 12.4. The summed E-state index contributed by atoms with van der Waals surface area (Å²) in [5.41, 5.74) is -0.355. The maximum atomic E-state index is 14.3. The number of carbonyl (C=O) groups excluding carboxylic acids is 3. The molecule has 1 heterocycles. The van der Waals surface area contributed by atoms with Gasteiger partial charge in [0.25, 0.3) is 0 Å². The zero-order chi connectivity index (χ0) is 25.2. The van der Waals surface area contributed by atoms with Crippen LogP contribution in [0.15, 0.2) is 53.4 Å². The van der Waals surface area contributed by atoms with Gasteiger partial charge in [-0.25, -0.2) is 8.42 Å². The predicted molar refractivity (Wildman–Crippen MR) is 134 cm³/mol. The SMILES string of the molecule is O=C(CN1C(C(=O)C23CC4CC(CC(C4)C2)C3)C(=O)c2ccccc2S1(=O)=O)Nc1ccccc1Cl. The van der Waals surface area contributed by atoms with E-state index in [0.29, 0.717) is 47.7 Å². The van der Waals surface area contributed by atoms with Crippen LogP contribution < -0.4 is 5.32 Å². The van der Waals surface area contributed by atoms with Crippen LogP contribution in [0.2, 0.25) is 5.02 Å². The lowest BCUT2D eigenvalue weighted by Crippen LogP contribution is -2.61. The van der Waals surface area contributed by atoms with E-state index in [0.717, 1.165) is 23.6 Å². The Morgan fingerprint density at radius 3 is 2.17 bits per heavy atom. The smallest absolute Gasteiger partial charge is 0.245 e. The minimum absolute atomic E-state index is 0.0170. The van der Waals surface area contributed by atoms with Crippen molar-refractivity contribution in [2.24, 2.45) is 23.2 Å². The number of fused-ring (bicyclic) bond motifs is 1. The highest BCUT2D eigenvalue weighted by atomic mass is 35.5. The average Bonchev–Trinajstić information content (AvgIpc) is 2.83. The number of carbonyl (C=O) groups is 3. The fourth-order valence-corrected chi connectivity index (χ4v) is 9.35. The number of rotatable bonds is 5. The normalized spacial score (nSPS) is 32.2. The van der Waals surface area contributed by atoms with Gasteiger partial charge in [0.15, 0.2) is 11.6 Å². The van der Waals surface area contributed by atoms with E-state index >= 15 is 0 Å². The summed E-state index contributed by atoms with van der Waals surface area (Å²) in [5, 5.41) is 2.93. The number of anilines is 1. The molecule has 4 bridgehead atoms. The summed E-state index contributed by atoms with van der Waals surface area (Å²) in [7, 11) is -4.28. The third-order valence-electron chi connectivity index (χ3n) is 8.53. The molecular formula is C27H27ClN2O5S. The first-order valence-corrected chi connectivity index (χ1v) is 14.2. The second-order valence-electron chi connectivity index (χ2n) is 10.9. The molecule has 4 saturated carbocycles. The van der Waals surface area contributed by atoms with Gasteiger partial charge in [-0.3, -0.25) is 14.4 Å². The summed E-state index contributed by atoms with van der Waals surface area (Å²) in [4.78, 5) is 40.9. The number of sulfonamides is 1. The van der Waals surface area contributed by atoms with Gasteiger partial charge in [-0.05, 0) is 80.5 Å². The highest BCUT2D eigenvalue weighted by Gasteiger charge is 2.59. The molecule has 4 aliphatic carbocycles. The van der Waals surface area contributed by atoms with E-state index in [4.69, 9.17) is 11.6 Å². The predicted octanol–water partition coefficient (Wildman–Crippen LogP) is 4.32. The van der Waals surface area contributed by atoms with E-state index in [-0.39, 0.29) is 16.2 Å². The van der Waals surface area contributed by atoms with Crippen LogP contribution in [0.4, 0.5) is 5.69 Å². The second-order valence-corrected chi connectivity index (χ2v) is 13.2. The van der Waals surface area contributed by atoms with Gasteiger partial charge in [0.1, 0.15) is 6.04 Å². The van der Waals surface area contributed by atoms with Crippen LogP contribution in [0, 0.1) is 23.2 Å². The van der Waals surface area contributed by atoms with Crippen molar-refractivity contribution in [3.63, 3.8) is 0 Å². The Balaban J connectivity index is 1.39. The Hall–Kier alpha value is -2.55. The number of hydrogen-bond acceptors (Lipinski definition) is 5. The number of nitrogens with one attached hydrogen (secondary N) is 1. The van der Waals surface area contributed by atoms with Crippen LogP contribution in [-0.2, 0) is 19.6 Å². The van der Waals surface area contributed by atoms with Crippen molar-refractivity contribution in [2.75, 3.05) is 11.9 Å². The van der Waals surface area contributed by atoms with Gasteiger partial charge in [0.2, 0.25) is 15.9 Å². The van der Waals surface area contributed by atoms with Crippen molar-refractivity contribution in [3.05, 3.63) is 59.1 Å². The Kier molecular flexibility index (Phi) is 5.63. The van der Waals surface area contributed by atoms with E-state index in [1.165, 1.54) is 18.2 Å². The van der Waals surface area contributed by atoms with Crippen LogP contribution in [0.25, 0.3) is 0 Å². The molecule has 2 aromatic carbocycles. The standard InChI is InChI=1S/C27H27ClN2O5S/c28-20-6-2-3-7-21(20)29-23(31)15-30-24(25(32)19-5-1-4-8-22(19)36(30,34)35)26(33)27-12-16-9-17(13-27)11-18(10-16)14-27/h1-8,16-18,24H,9-15H2,(H,29,31). The molecule has 1 unspecified atom stereocenters. The summed E-state index contributed by atoms with van der Waals surface area (Å²) < 4.78 is 28.3. The number of nitrogens with zero attached hydrogens (tertiary/aromatic N) is 1. The lowest BCUT2D eigenvalue weighted by Gasteiger charge is -2.57. The van der Waals surface area contributed by atoms with E-state index < -0.39 is 39.7 Å². The molecule has 0 spiro atoms. The van der Waals surface area contributed by atoms with Gasteiger partial charge >= 0.3 is 0 Å². The van der Waals surface area contributed by atoms with Gasteiger partial charge < -0.3 is 5.32 Å². The van der Waals surface area contributed by atoms with Gasteiger partial charge in [0, 0.05) is 11.0 Å². The van der Waals surface area contributed by atoms with Crippen molar-refractivity contribution in [3.8, 4) is 0 Å². The molecule has 1 amide bonds. The monoisotopic (exact) mass is 526 g/mol. The fourth-order valence-electron chi connectivity index (χ4n) is 7.46. The van der Waals surface area contributed by atoms with E-state index in [1.54, 1.807) is 30.3 Å². The first-order chi connectivity index (χ1) is 17.2. The molecule has 9 heteroatoms. The third kappa shape index (κ3) is 3.73. The summed E-state index contributed by atoms with van der Waals surface area (Å²) in [5.74, 6) is -0.219. The molecule has 188 valence electrons. The quantitative estimate of drug-likeness (QED) is 0.585. The molecule has 1 aliphatic heterocycles. The number of para-hydroxylation sites is 1. The Labute approximate surface area is 215 Å². The Morgan fingerprint density at radius 2 is 1.53 bits per heavy atom. The minimum atomic E-state index is -4.28. The number of hydrogen-bond donors (Lipinski definition) is 1. The lowest BCUT2D eigenvalue weighted by atomic mass is 9.48. The molecule has 7 nitrogen and oxygen atoms in total. The fraction of sp³-hybridized carbons (Fsp3) is 0.444. The maximum absolute atomic E-state index is 14.3. The van der Waals surface area contributed by atoms with E-state index in [1.807, 2.05) is 0 Å². The maximum Gasteiger partial charge on any atom is 0.245 e. The molecule has 7 rings (SSSR count). The number of ketones is 2. The van der Waals surface area contributed by atoms with E-state index in [2.05, 4.69) is 5.32 Å². The highest BCUT2D eigenvalue weighted by Crippen LogP contribution is 2.61. The summed E-state index contributed by atoms with van der Waals surface area (Å²) in [6.07, 6.45) is 5.41. The molecular weight excluding hydrogens is 500 g/mol. The lowest BCUT2D eigenvalue weighted by molar-refractivity contribution is -0.146. The van der Waals surface area contributed by atoms with Crippen LogP contribution in [0.1, 0.15) is 48.9 Å². The average molecular weight is 527 g/mol. The Morgan fingerprint density at radius 1 is 0.944 bits per heavy atom. The van der Waals surface area contributed by atoms with Crippen molar-refractivity contribution < 1.29 is 22.8 Å². The minimum Gasteiger partial charge on any atom is -0.324 e. The Bertz CT molecular complexity index is 1350. The summed E-state index contributed by atoms with van der Waals surface area (Å²) >= 11 is 6.16. The third-order valence-corrected chi connectivity index (χ3v) is 10.7. The highest BCUT2D eigenvalue weighted by molar-refractivity contribution is 7.89. The van der Waals surface area contributed by atoms with Crippen LogP contribution >= 0.6 is 11.6 Å². The summed E-state index contributed by atoms with van der Waals surface area (Å²) in [6, 6.07) is 11.0. The van der Waals surface area contributed by atoms with Crippen molar-refractivity contribution in [1.82, 2.24) is 4.31 Å². The molecule has 0 aromatic heterocycles. The van der Waals surface area contributed by atoms with Crippen LogP contribution in [0.3, 0.4) is 0 Å². The molecule has 0 saturated heterocycles. The largest absolute Gasteiger partial charge is 0.324 e. The van der Waals surface area contributed by atoms with E-state index in [9.17, 15) is 22.8 Å². The van der Waals surface area contributed by atoms with Gasteiger partial charge in [-0.1, -0.05) is 35.9 Å². The molecule has 1 N–H and O–H groups in total. The number of amides is 1. The molecule has 2 aromatic rings. The molecule has 5 aliphatic rings. The zero-order valence-electron chi connectivity index (χ0n) is 19.7. The molecule has 4 fully saturated rings. The summed E-state index contributed by atoms with van der Waals surface area (Å²) in [6.45, 7) is -0.656. The van der Waals surface area contributed by atoms with Crippen LogP contribution in [-0.4, -0.2) is 42.8 Å².